The second kappa shape index (κ2) is 5.08. The number of methoxy groups -OCH3 is 2. The Balaban J connectivity index is 2.65. The van der Waals surface area contributed by atoms with E-state index in [2.05, 4.69) is 24.0 Å². The average molecular weight is 247 g/mol. The summed E-state index contributed by atoms with van der Waals surface area (Å²) in [7, 11) is 3.27. The summed E-state index contributed by atoms with van der Waals surface area (Å²) in [6, 6.07) is 5.93. The van der Waals surface area contributed by atoms with Crippen molar-refractivity contribution in [2.24, 2.45) is 0 Å². The molecule has 0 saturated carbocycles. The number of rotatable bonds is 4. The Kier molecular flexibility index (Phi) is 3.50. The van der Waals surface area contributed by atoms with E-state index in [0.29, 0.717) is 0 Å². The van der Waals surface area contributed by atoms with Crippen LogP contribution in [0.1, 0.15) is 19.9 Å². The molecule has 2 rings (SSSR count). The van der Waals surface area contributed by atoms with Gasteiger partial charge in [0, 0.05) is 6.04 Å². The molecule has 0 N–H and O–H groups in total. The van der Waals surface area contributed by atoms with Crippen LogP contribution in [-0.4, -0.2) is 29.0 Å². The van der Waals surface area contributed by atoms with Crippen molar-refractivity contribution in [3.8, 4) is 22.9 Å². The lowest BCUT2D eigenvalue weighted by molar-refractivity contribution is 0.396. The fourth-order valence-electron chi connectivity index (χ4n) is 1.87. The zero-order valence-corrected chi connectivity index (χ0v) is 11.0. The van der Waals surface area contributed by atoms with E-state index in [-0.39, 0.29) is 6.04 Å². The van der Waals surface area contributed by atoms with Gasteiger partial charge in [-0.1, -0.05) is 6.07 Å². The van der Waals surface area contributed by atoms with Gasteiger partial charge < -0.3 is 14.0 Å². The molecular formula is C13H17N3O2. The van der Waals surface area contributed by atoms with Gasteiger partial charge in [0.15, 0.2) is 5.82 Å². The summed E-state index contributed by atoms with van der Waals surface area (Å²) >= 11 is 0. The van der Waals surface area contributed by atoms with Gasteiger partial charge in [-0.3, -0.25) is 0 Å². The molecule has 1 aromatic carbocycles. The zero-order chi connectivity index (χ0) is 13.1. The lowest BCUT2D eigenvalue weighted by Crippen LogP contribution is -2.04. The predicted octanol–water partition coefficient (Wildman–Crippen LogP) is 2.54. The first-order valence-corrected chi connectivity index (χ1v) is 5.80. The molecule has 1 heterocycles. The molecular weight excluding hydrogens is 230 g/mol. The fraction of sp³-hybridized carbons (Fsp3) is 0.385. The second-order valence-electron chi connectivity index (χ2n) is 4.19. The normalized spacial score (nSPS) is 10.7. The molecule has 0 fully saturated rings. The quantitative estimate of drug-likeness (QED) is 0.833. The van der Waals surface area contributed by atoms with Crippen molar-refractivity contribution in [2.75, 3.05) is 14.2 Å². The topological polar surface area (TPSA) is 49.2 Å². The largest absolute Gasteiger partial charge is 0.496 e. The molecule has 5 nitrogen and oxygen atoms in total. The first-order chi connectivity index (χ1) is 8.69. The highest BCUT2D eigenvalue weighted by Crippen LogP contribution is 2.37. The Bertz CT molecular complexity index is 513. The van der Waals surface area contributed by atoms with Crippen LogP contribution in [0.4, 0.5) is 0 Å². The molecule has 2 aromatic rings. The van der Waals surface area contributed by atoms with Gasteiger partial charge in [-0.05, 0) is 26.0 Å². The Morgan fingerprint density at radius 1 is 1.11 bits per heavy atom. The van der Waals surface area contributed by atoms with Crippen LogP contribution < -0.4 is 9.47 Å². The number of nitrogens with zero attached hydrogens (tertiary/aromatic N) is 3. The van der Waals surface area contributed by atoms with Crippen LogP contribution in [-0.2, 0) is 0 Å². The number of aromatic nitrogens is 3. The Hall–Kier alpha value is -2.04. The van der Waals surface area contributed by atoms with Crippen molar-refractivity contribution < 1.29 is 9.47 Å². The van der Waals surface area contributed by atoms with Gasteiger partial charge in [-0.15, -0.1) is 10.2 Å². The zero-order valence-electron chi connectivity index (χ0n) is 11.0. The second-order valence-corrected chi connectivity index (χ2v) is 4.19. The van der Waals surface area contributed by atoms with Crippen LogP contribution in [0, 0.1) is 0 Å². The molecule has 0 bridgehead atoms. The third-order valence-corrected chi connectivity index (χ3v) is 2.78. The summed E-state index contributed by atoms with van der Waals surface area (Å²) in [5.74, 6) is 2.20. The number of ether oxygens (including phenoxy) is 2. The smallest absolute Gasteiger partial charge is 0.171 e. The van der Waals surface area contributed by atoms with Crippen LogP contribution in [0.3, 0.4) is 0 Å². The fourth-order valence-corrected chi connectivity index (χ4v) is 1.87. The van der Waals surface area contributed by atoms with E-state index in [0.717, 1.165) is 22.9 Å². The molecule has 1 aromatic heterocycles. The number of hydrogen-bond donors (Lipinski definition) is 0. The van der Waals surface area contributed by atoms with Crippen LogP contribution in [0.5, 0.6) is 11.5 Å². The van der Waals surface area contributed by atoms with Crippen molar-refractivity contribution in [1.82, 2.24) is 14.8 Å². The molecule has 0 saturated heterocycles. The van der Waals surface area contributed by atoms with Gasteiger partial charge in [0.1, 0.15) is 23.4 Å². The third-order valence-electron chi connectivity index (χ3n) is 2.78. The molecule has 0 atom stereocenters. The molecule has 0 amide bonds. The molecule has 5 heteroatoms. The lowest BCUT2D eigenvalue weighted by Gasteiger charge is -2.15. The van der Waals surface area contributed by atoms with Crippen molar-refractivity contribution in [2.45, 2.75) is 19.9 Å². The van der Waals surface area contributed by atoms with E-state index < -0.39 is 0 Å². The highest BCUT2D eigenvalue weighted by molar-refractivity contribution is 5.72. The molecule has 0 radical (unpaired) electrons. The monoisotopic (exact) mass is 247 g/mol. The average Bonchev–Trinajstić information content (AvgIpc) is 2.86. The number of benzene rings is 1. The minimum absolute atomic E-state index is 0.268. The van der Waals surface area contributed by atoms with Gasteiger partial charge >= 0.3 is 0 Å². The maximum absolute atomic E-state index is 5.39. The standard InChI is InChI=1S/C13H17N3O2/c1-9(2)16-8-14-15-13(16)12-10(17-3)6-5-7-11(12)18-4/h5-9H,1-4H3. The van der Waals surface area contributed by atoms with Gasteiger partial charge in [0.2, 0.25) is 0 Å². The molecule has 0 aliphatic carbocycles. The molecule has 0 aliphatic rings. The number of hydrogen-bond acceptors (Lipinski definition) is 4. The van der Waals surface area contributed by atoms with E-state index in [4.69, 9.17) is 9.47 Å². The highest BCUT2D eigenvalue weighted by Gasteiger charge is 2.18. The lowest BCUT2D eigenvalue weighted by atomic mass is 10.1. The maximum Gasteiger partial charge on any atom is 0.171 e. The van der Waals surface area contributed by atoms with E-state index >= 15 is 0 Å². The summed E-state index contributed by atoms with van der Waals surface area (Å²) in [6.45, 7) is 4.16. The summed E-state index contributed by atoms with van der Waals surface area (Å²) < 4.78 is 12.8. The van der Waals surface area contributed by atoms with Crippen molar-refractivity contribution in [1.29, 1.82) is 0 Å². The van der Waals surface area contributed by atoms with Crippen molar-refractivity contribution in [3.05, 3.63) is 24.5 Å². The van der Waals surface area contributed by atoms with Crippen LogP contribution in [0.25, 0.3) is 11.4 Å². The summed E-state index contributed by atoms with van der Waals surface area (Å²) in [5.41, 5.74) is 0.828. The van der Waals surface area contributed by atoms with E-state index in [1.165, 1.54) is 0 Å². The summed E-state index contributed by atoms with van der Waals surface area (Å²) in [5, 5.41) is 8.15. The van der Waals surface area contributed by atoms with Crippen LogP contribution in [0.15, 0.2) is 24.5 Å². The maximum atomic E-state index is 5.39. The molecule has 18 heavy (non-hydrogen) atoms. The van der Waals surface area contributed by atoms with Gasteiger partial charge in [-0.2, -0.15) is 0 Å². The van der Waals surface area contributed by atoms with Gasteiger partial charge in [0.05, 0.1) is 14.2 Å². The minimum Gasteiger partial charge on any atom is -0.496 e. The van der Waals surface area contributed by atoms with Crippen molar-refractivity contribution >= 4 is 0 Å². The Morgan fingerprint density at radius 2 is 1.72 bits per heavy atom. The van der Waals surface area contributed by atoms with Gasteiger partial charge in [0.25, 0.3) is 0 Å². The SMILES string of the molecule is COc1cccc(OC)c1-c1nncn1C(C)C. The molecule has 0 aliphatic heterocycles. The van der Waals surface area contributed by atoms with Crippen LogP contribution in [0.2, 0.25) is 0 Å². The first kappa shape index (κ1) is 12.4. The Morgan fingerprint density at radius 3 is 2.22 bits per heavy atom. The van der Waals surface area contributed by atoms with E-state index in [1.807, 2.05) is 22.8 Å². The van der Waals surface area contributed by atoms with Crippen LogP contribution >= 0.6 is 0 Å². The van der Waals surface area contributed by atoms with E-state index in [9.17, 15) is 0 Å². The van der Waals surface area contributed by atoms with Crippen molar-refractivity contribution in [3.63, 3.8) is 0 Å². The first-order valence-electron chi connectivity index (χ1n) is 5.80. The molecule has 96 valence electrons. The van der Waals surface area contributed by atoms with Gasteiger partial charge in [-0.25, -0.2) is 0 Å². The predicted molar refractivity (Wildman–Crippen MR) is 68.9 cm³/mol. The molecule has 0 spiro atoms. The van der Waals surface area contributed by atoms with E-state index in [1.54, 1.807) is 20.5 Å². The Labute approximate surface area is 106 Å². The minimum atomic E-state index is 0.268. The third kappa shape index (κ3) is 2.03. The molecule has 0 unspecified atom stereocenters. The summed E-state index contributed by atoms with van der Waals surface area (Å²) in [6.07, 6.45) is 1.71. The summed E-state index contributed by atoms with van der Waals surface area (Å²) in [4.78, 5) is 0. The highest BCUT2D eigenvalue weighted by atomic mass is 16.5.